The average Bonchev–Trinajstić information content (AvgIpc) is 2.87. The molecule has 0 radical (unpaired) electrons. The summed E-state index contributed by atoms with van der Waals surface area (Å²) < 4.78 is 22.9. The summed E-state index contributed by atoms with van der Waals surface area (Å²) in [6, 6.07) is 0.0794. The van der Waals surface area contributed by atoms with Crippen LogP contribution in [0.4, 0.5) is 0 Å². The highest BCUT2D eigenvalue weighted by atomic mass is 32.2. The summed E-state index contributed by atoms with van der Waals surface area (Å²) in [5, 5.41) is 13.8. The molecular weight excluding hydrogens is 252 g/mol. The summed E-state index contributed by atoms with van der Waals surface area (Å²) >= 11 is 0. The van der Waals surface area contributed by atoms with Gasteiger partial charge in [-0.05, 0) is 25.8 Å². The van der Waals surface area contributed by atoms with Gasteiger partial charge in [-0.25, -0.2) is 8.42 Å². The van der Waals surface area contributed by atoms with E-state index in [4.69, 9.17) is 0 Å². The van der Waals surface area contributed by atoms with Crippen LogP contribution in [-0.4, -0.2) is 41.9 Å². The van der Waals surface area contributed by atoms with Gasteiger partial charge in [-0.3, -0.25) is 0 Å². The van der Waals surface area contributed by atoms with Crippen LogP contribution in [0.25, 0.3) is 0 Å². The Morgan fingerprint density at radius 2 is 2.22 bits per heavy atom. The Morgan fingerprint density at radius 3 is 2.78 bits per heavy atom. The molecule has 1 atom stereocenters. The Bertz CT molecular complexity index is 416. The van der Waals surface area contributed by atoms with E-state index in [1.54, 1.807) is 13.1 Å². The minimum Gasteiger partial charge on any atom is -0.309 e. The van der Waals surface area contributed by atoms with E-state index in [1.165, 1.54) is 0 Å². The third-order valence-electron chi connectivity index (χ3n) is 2.82. The Morgan fingerprint density at radius 1 is 1.44 bits per heavy atom. The molecule has 0 aliphatic carbocycles. The zero-order valence-corrected chi connectivity index (χ0v) is 11.8. The van der Waals surface area contributed by atoms with Crippen molar-refractivity contribution in [3.63, 3.8) is 0 Å². The molecule has 0 saturated heterocycles. The lowest BCUT2D eigenvalue weighted by atomic mass is 10.1. The standard InChI is InChI=1S/C11H22N4O2S/c1-3-7-12-10(11-9-13-15-14-11)6-5-8-18(16,17)4-2/h9-10,12H,3-8H2,1-2H3,(H,13,14,15). The maximum absolute atomic E-state index is 11.4. The van der Waals surface area contributed by atoms with E-state index < -0.39 is 9.84 Å². The molecule has 0 aliphatic heterocycles. The maximum Gasteiger partial charge on any atom is 0.150 e. The Kier molecular flexibility index (Phi) is 6.28. The predicted molar refractivity (Wildman–Crippen MR) is 71.0 cm³/mol. The summed E-state index contributed by atoms with van der Waals surface area (Å²) in [4.78, 5) is 0. The lowest BCUT2D eigenvalue weighted by Crippen LogP contribution is -2.23. The maximum atomic E-state index is 11.4. The second-order valence-corrected chi connectivity index (χ2v) is 6.75. The number of aromatic amines is 1. The SMILES string of the molecule is CCCNC(CCCS(=O)(=O)CC)c1cn[nH]n1. The molecule has 6 nitrogen and oxygen atoms in total. The highest BCUT2D eigenvalue weighted by Crippen LogP contribution is 2.15. The highest BCUT2D eigenvalue weighted by Gasteiger charge is 2.15. The number of H-pyrrole nitrogens is 1. The Labute approximate surface area is 108 Å². The molecule has 0 amide bonds. The van der Waals surface area contributed by atoms with E-state index in [2.05, 4.69) is 27.7 Å². The van der Waals surface area contributed by atoms with Crippen LogP contribution in [0.5, 0.6) is 0 Å². The van der Waals surface area contributed by atoms with Crippen LogP contribution in [0.3, 0.4) is 0 Å². The van der Waals surface area contributed by atoms with Crippen molar-refractivity contribution in [1.82, 2.24) is 20.7 Å². The number of hydrogen-bond acceptors (Lipinski definition) is 5. The van der Waals surface area contributed by atoms with Gasteiger partial charge in [0, 0.05) is 5.75 Å². The molecule has 0 bridgehead atoms. The minimum absolute atomic E-state index is 0.0794. The zero-order valence-electron chi connectivity index (χ0n) is 11.0. The lowest BCUT2D eigenvalue weighted by molar-refractivity contribution is 0.481. The predicted octanol–water partition coefficient (Wildman–Crippen LogP) is 1.06. The average molecular weight is 274 g/mol. The van der Waals surface area contributed by atoms with Gasteiger partial charge in [0.1, 0.15) is 9.84 Å². The minimum atomic E-state index is -2.88. The van der Waals surface area contributed by atoms with Crippen molar-refractivity contribution in [1.29, 1.82) is 0 Å². The van der Waals surface area contributed by atoms with Gasteiger partial charge in [0.15, 0.2) is 0 Å². The highest BCUT2D eigenvalue weighted by molar-refractivity contribution is 7.91. The van der Waals surface area contributed by atoms with Crippen molar-refractivity contribution >= 4 is 9.84 Å². The van der Waals surface area contributed by atoms with Gasteiger partial charge in [-0.2, -0.15) is 15.4 Å². The van der Waals surface area contributed by atoms with Crippen molar-refractivity contribution in [2.45, 2.75) is 39.2 Å². The number of sulfone groups is 1. The van der Waals surface area contributed by atoms with Crippen molar-refractivity contribution in [3.8, 4) is 0 Å². The van der Waals surface area contributed by atoms with Gasteiger partial charge >= 0.3 is 0 Å². The van der Waals surface area contributed by atoms with Crippen molar-refractivity contribution in [2.24, 2.45) is 0 Å². The largest absolute Gasteiger partial charge is 0.309 e. The van der Waals surface area contributed by atoms with Gasteiger partial charge in [-0.15, -0.1) is 0 Å². The molecule has 7 heteroatoms. The first-order valence-corrected chi connectivity index (χ1v) is 8.20. The molecular formula is C11H22N4O2S. The quantitative estimate of drug-likeness (QED) is 0.703. The van der Waals surface area contributed by atoms with Gasteiger partial charge in [0.05, 0.1) is 23.7 Å². The molecule has 0 spiro atoms. The number of hydrogen-bond donors (Lipinski definition) is 2. The normalized spacial score (nSPS) is 13.7. The van der Waals surface area contributed by atoms with E-state index in [0.29, 0.717) is 6.42 Å². The summed E-state index contributed by atoms with van der Waals surface area (Å²) in [5.41, 5.74) is 0.845. The molecule has 1 aromatic rings. The van der Waals surface area contributed by atoms with Gasteiger partial charge in [-0.1, -0.05) is 13.8 Å². The molecule has 1 aromatic heterocycles. The molecule has 104 valence electrons. The first-order chi connectivity index (χ1) is 8.59. The summed E-state index contributed by atoms with van der Waals surface area (Å²) in [7, 11) is -2.88. The fourth-order valence-electron chi connectivity index (χ4n) is 1.70. The summed E-state index contributed by atoms with van der Waals surface area (Å²) in [6.45, 7) is 4.66. The van der Waals surface area contributed by atoms with Gasteiger partial charge in [0.2, 0.25) is 0 Å². The van der Waals surface area contributed by atoms with Crippen LogP contribution < -0.4 is 5.32 Å². The van der Waals surface area contributed by atoms with E-state index in [-0.39, 0.29) is 17.5 Å². The van der Waals surface area contributed by atoms with Crippen LogP contribution in [0.15, 0.2) is 6.20 Å². The smallest absolute Gasteiger partial charge is 0.150 e. The van der Waals surface area contributed by atoms with Gasteiger partial charge in [0.25, 0.3) is 0 Å². The Hall–Kier alpha value is -0.950. The molecule has 1 heterocycles. The van der Waals surface area contributed by atoms with Crippen LogP contribution in [-0.2, 0) is 9.84 Å². The molecule has 0 saturated carbocycles. The van der Waals surface area contributed by atoms with Crippen molar-refractivity contribution in [2.75, 3.05) is 18.1 Å². The summed E-state index contributed by atoms with van der Waals surface area (Å²) in [6.07, 6.45) is 4.11. The topological polar surface area (TPSA) is 87.7 Å². The number of aromatic nitrogens is 3. The zero-order chi connectivity index (χ0) is 13.4. The fourth-order valence-corrected chi connectivity index (χ4v) is 2.60. The Balaban J connectivity index is 2.47. The van der Waals surface area contributed by atoms with Crippen LogP contribution >= 0.6 is 0 Å². The third kappa shape index (κ3) is 5.14. The van der Waals surface area contributed by atoms with E-state index in [1.807, 2.05) is 0 Å². The fraction of sp³-hybridized carbons (Fsp3) is 0.818. The first kappa shape index (κ1) is 15.1. The molecule has 1 rings (SSSR count). The van der Waals surface area contributed by atoms with Crippen molar-refractivity contribution in [3.05, 3.63) is 11.9 Å². The summed E-state index contributed by atoms with van der Waals surface area (Å²) in [5.74, 6) is 0.454. The number of nitrogens with one attached hydrogen (secondary N) is 2. The first-order valence-electron chi connectivity index (χ1n) is 6.38. The number of rotatable bonds is 9. The monoisotopic (exact) mass is 274 g/mol. The lowest BCUT2D eigenvalue weighted by Gasteiger charge is -2.15. The van der Waals surface area contributed by atoms with E-state index in [0.717, 1.165) is 25.1 Å². The number of nitrogens with zero attached hydrogens (tertiary/aromatic N) is 2. The second-order valence-electron chi connectivity index (χ2n) is 4.28. The van der Waals surface area contributed by atoms with Gasteiger partial charge < -0.3 is 5.32 Å². The molecule has 1 unspecified atom stereocenters. The molecule has 18 heavy (non-hydrogen) atoms. The van der Waals surface area contributed by atoms with Crippen molar-refractivity contribution < 1.29 is 8.42 Å². The second kappa shape index (κ2) is 7.48. The molecule has 2 N–H and O–H groups in total. The van der Waals surface area contributed by atoms with Crippen LogP contribution in [0, 0.1) is 0 Å². The van der Waals surface area contributed by atoms with Crippen LogP contribution in [0.2, 0.25) is 0 Å². The molecule has 0 aliphatic rings. The third-order valence-corrected chi connectivity index (χ3v) is 4.61. The molecule has 0 fully saturated rings. The van der Waals surface area contributed by atoms with Crippen LogP contribution in [0.1, 0.15) is 44.8 Å². The van der Waals surface area contributed by atoms with E-state index >= 15 is 0 Å². The van der Waals surface area contributed by atoms with E-state index in [9.17, 15) is 8.42 Å². The molecule has 0 aromatic carbocycles.